The average molecular weight is 196 g/mol. The summed E-state index contributed by atoms with van der Waals surface area (Å²) in [5.41, 5.74) is 2.10. The van der Waals surface area contributed by atoms with Crippen LogP contribution in [0.25, 0.3) is 11.1 Å². The van der Waals surface area contributed by atoms with Crippen LogP contribution in [-0.4, -0.2) is 11.3 Å². The van der Waals surface area contributed by atoms with E-state index in [4.69, 9.17) is 16.0 Å². The normalized spacial score (nSPS) is 10.5. The minimum absolute atomic E-state index is 0.350. The van der Waals surface area contributed by atoms with Crippen molar-refractivity contribution in [2.45, 2.75) is 6.42 Å². The van der Waals surface area contributed by atoms with Gasteiger partial charge in [0.2, 0.25) is 0 Å². The van der Waals surface area contributed by atoms with Crippen molar-refractivity contribution in [1.82, 2.24) is 4.98 Å². The van der Waals surface area contributed by atoms with Gasteiger partial charge in [0, 0.05) is 6.42 Å². The highest BCUT2D eigenvalue weighted by Gasteiger charge is 2.05. The first-order chi connectivity index (χ1) is 6.31. The van der Waals surface area contributed by atoms with Gasteiger partial charge in [0.15, 0.2) is 12.0 Å². The minimum Gasteiger partial charge on any atom is -0.442 e. The fraction of sp³-hybridized carbons (Fsp3) is 0.111. The number of oxazole rings is 1. The van der Waals surface area contributed by atoms with E-state index in [0.717, 1.165) is 11.8 Å². The van der Waals surface area contributed by atoms with Crippen LogP contribution in [-0.2, 0) is 11.2 Å². The zero-order chi connectivity index (χ0) is 9.26. The predicted octanol–water partition coefficient (Wildman–Crippen LogP) is 2.22. The Morgan fingerprint density at radius 1 is 1.54 bits per heavy atom. The van der Waals surface area contributed by atoms with E-state index >= 15 is 0 Å². The first kappa shape index (κ1) is 8.26. The van der Waals surface area contributed by atoms with Crippen LogP contribution >= 0.6 is 11.6 Å². The van der Waals surface area contributed by atoms with Crippen molar-refractivity contribution in [3.8, 4) is 0 Å². The van der Waals surface area contributed by atoms with Gasteiger partial charge in [-0.3, -0.25) is 0 Å². The Hall–Kier alpha value is -1.35. The number of hydrogen-bond acceptors (Lipinski definition) is 3. The van der Waals surface area contributed by atoms with E-state index < -0.39 is 0 Å². The molecule has 2 aromatic rings. The molecule has 0 amide bonds. The molecule has 4 heteroatoms. The van der Waals surface area contributed by atoms with Gasteiger partial charge in [-0.2, -0.15) is 0 Å². The second kappa shape index (κ2) is 3.18. The molecule has 0 saturated carbocycles. The Bertz CT molecular complexity index is 450. The molecule has 1 aromatic carbocycles. The van der Waals surface area contributed by atoms with E-state index in [1.54, 1.807) is 12.1 Å². The quantitative estimate of drug-likeness (QED) is 0.691. The highest BCUT2D eigenvalue weighted by Crippen LogP contribution is 2.24. The van der Waals surface area contributed by atoms with Gasteiger partial charge in [0.25, 0.3) is 0 Å². The molecule has 66 valence electrons. The molecule has 0 radical (unpaired) electrons. The number of rotatable bonds is 2. The van der Waals surface area contributed by atoms with Crippen LogP contribution in [0.2, 0.25) is 5.02 Å². The molecule has 2 rings (SSSR count). The first-order valence-corrected chi connectivity index (χ1v) is 4.14. The molecule has 13 heavy (non-hydrogen) atoms. The van der Waals surface area contributed by atoms with Crippen LogP contribution in [0, 0.1) is 0 Å². The van der Waals surface area contributed by atoms with Crippen molar-refractivity contribution in [3.63, 3.8) is 0 Å². The number of carbonyl (C=O) groups excluding carboxylic acids is 1. The molecule has 3 nitrogen and oxygen atoms in total. The van der Waals surface area contributed by atoms with Crippen LogP contribution in [0.3, 0.4) is 0 Å². The molecule has 0 saturated heterocycles. The number of hydrogen-bond donors (Lipinski definition) is 0. The van der Waals surface area contributed by atoms with Crippen LogP contribution < -0.4 is 0 Å². The monoisotopic (exact) mass is 195 g/mol. The third-order valence-corrected chi connectivity index (χ3v) is 2.05. The molecule has 0 aliphatic heterocycles. The summed E-state index contributed by atoms with van der Waals surface area (Å²) in [4.78, 5) is 14.2. The lowest BCUT2D eigenvalue weighted by atomic mass is 10.1. The first-order valence-electron chi connectivity index (χ1n) is 3.76. The number of nitrogens with zero attached hydrogens (tertiary/aromatic N) is 1. The summed E-state index contributed by atoms with van der Waals surface area (Å²) in [6.45, 7) is 0. The maximum Gasteiger partial charge on any atom is 0.182 e. The summed E-state index contributed by atoms with van der Waals surface area (Å²) in [5, 5.41) is 0.492. The van der Waals surface area contributed by atoms with Gasteiger partial charge in [-0.05, 0) is 17.7 Å². The number of fused-ring (bicyclic) bond motifs is 1. The molecule has 0 spiro atoms. The van der Waals surface area contributed by atoms with E-state index in [1.165, 1.54) is 6.39 Å². The lowest BCUT2D eigenvalue weighted by Gasteiger charge is -1.96. The highest BCUT2D eigenvalue weighted by molar-refractivity contribution is 6.34. The smallest absolute Gasteiger partial charge is 0.182 e. The van der Waals surface area contributed by atoms with Gasteiger partial charge in [-0.15, -0.1) is 0 Å². The lowest BCUT2D eigenvalue weighted by molar-refractivity contribution is -0.107. The molecular formula is C9H6ClNO2. The molecule has 0 fully saturated rings. The maximum atomic E-state index is 10.3. The van der Waals surface area contributed by atoms with Gasteiger partial charge in [0.05, 0.1) is 5.02 Å². The van der Waals surface area contributed by atoms with Crippen molar-refractivity contribution in [2.75, 3.05) is 0 Å². The van der Waals surface area contributed by atoms with Crippen molar-refractivity contribution >= 4 is 29.0 Å². The zero-order valence-electron chi connectivity index (χ0n) is 6.66. The van der Waals surface area contributed by atoms with Crippen molar-refractivity contribution in [1.29, 1.82) is 0 Å². The van der Waals surface area contributed by atoms with E-state index in [-0.39, 0.29) is 0 Å². The van der Waals surface area contributed by atoms with Gasteiger partial charge >= 0.3 is 0 Å². The summed E-state index contributed by atoms with van der Waals surface area (Å²) in [6.07, 6.45) is 2.52. The standard InChI is InChI=1S/C9H6ClNO2/c10-7-3-6(1-2-12)4-8-9(7)13-5-11-8/h2-5H,1H2. The number of carbonyl (C=O) groups is 1. The van der Waals surface area contributed by atoms with E-state index in [0.29, 0.717) is 22.5 Å². The molecule has 0 aliphatic carbocycles. The maximum absolute atomic E-state index is 10.3. The van der Waals surface area contributed by atoms with Crippen molar-refractivity contribution < 1.29 is 9.21 Å². The van der Waals surface area contributed by atoms with E-state index in [2.05, 4.69) is 4.98 Å². The number of halogens is 1. The third kappa shape index (κ3) is 1.42. The summed E-state index contributed by atoms with van der Waals surface area (Å²) in [7, 11) is 0. The van der Waals surface area contributed by atoms with Gasteiger partial charge in [-0.25, -0.2) is 4.98 Å². The summed E-state index contributed by atoms with van der Waals surface area (Å²) in [5.74, 6) is 0. The van der Waals surface area contributed by atoms with E-state index in [1.807, 2.05) is 0 Å². The lowest BCUT2D eigenvalue weighted by Crippen LogP contribution is -1.85. The van der Waals surface area contributed by atoms with Gasteiger partial charge in [0.1, 0.15) is 11.8 Å². The molecule has 0 unspecified atom stereocenters. The number of aromatic nitrogens is 1. The molecule has 0 atom stereocenters. The number of benzene rings is 1. The van der Waals surface area contributed by atoms with E-state index in [9.17, 15) is 4.79 Å². The SMILES string of the molecule is O=CCc1cc(Cl)c2ocnc2c1. The molecule has 0 aliphatic rings. The molecule has 0 bridgehead atoms. The van der Waals surface area contributed by atoms with Crippen LogP contribution in [0.1, 0.15) is 5.56 Å². The molecular weight excluding hydrogens is 190 g/mol. The summed E-state index contributed by atoms with van der Waals surface area (Å²) >= 11 is 5.89. The highest BCUT2D eigenvalue weighted by atomic mass is 35.5. The largest absolute Gasteiger partial charge is 0.442 e. The summed E-state index contributed by atoms with van der Waals surface area (Å²) < 4.78 is 5.05. The molecule has 1 heterocycles. The fourth-order valence-electron chi connectivity index (χ4n) is 1.20. The van der Waals surface area contributed by atoms with Gasteiger partial charge in [-0.1, -0.05) is 11.6 Å². The van der Waals surface area contributed by atoms with Crippen molar-refractivity contribution in [3.05, 3.63) is 29.1 Å². The predicted molar refractivity (Wildman–Crippen MR) is 48.8 cm³/mol. The Kier molecular flexibility index (Phi) is 2.02. The van der Waals surface area contributed by atoms with Crippen LogP contribution in [0.15, 0.2) is 22.9 Å². The molecule has 1 aromatic heterocycles. The number of aldehydes is 1. The fourth-order valence-corrected chi connectivity index (χ4v) is 1.48. The Morgan fingerprint density at radius 3 is 3.15 bits per heavy atom. The van der Waals surface area contributed by atoms with Crippen LogP contribution in [0.4, 0.5) is 0 Å². The second-order valence-electron chi connectivity index (χ2n) is 2.65. The zero-order valence-corrected chi connectivity index (χ0v) is 7.41. The molecule has 0 N–H and O–H groups in total. The van der Waals surface area contributed by atoms with Crippen LogP contribution in [0.5, 0.6) is 0 Å². The Morgan fingerprint density at radius 2 is 2.38 bits per heavy atom. The topological polar surface area (TPSA) is 43.1 Å². The Balaban J connectivity index is 2.62. The summed E-state index contributed by atoms with van der Waals surface area (Å²) in [6, 6.07) is 3.50. The van der Waals surface area contributed by atoms with Crippen molar-refractivity contribution in [2.24, 2.45) is 0 Å². The third-order valence-electron chi connectivity index (χ3n) is 1.77. The Labute approximate surface area is 79.3 Å². The minimum atomic E-state index is 0.350. The second-order valence-corrected chi connectivity index (χ2v) is 3.06. The van der Waals surface area contributed by atoms with Gasteiger partial charge < -0.3 is 9.21 Å². The average Bonchev–Trinajstić information content (AvgIpc) is 2.53.